The predicted octanol–water partition coefficient (Wildman–Crippen LogP) is 3.58. The van der Waals surface area contributed by atoms with E-state index in [-0.39, 0.29) is 29.0 Å². The Morgan fingerprint density at radius 1 is 1.17 bits per heavy atom. The van der Waals surface area contributed by atoms with Crippen LogP contribution in [0.2, 0.25) is 0 Å². The number of ether oxygens (including phenoxy) is 1. The lowest BCUT2D eigenvalue weighted by Gasteiger charge is -2.13. The van der Waals surface area contributed by atoms with E-state index in [0.717, 1.165) is 42.8 Å². The highest BCUT2D eigenvalue weighted by molar-refractivity contribution is 7.99. The highest BCUT2D eigenvalue weighted by atomic mass is 32.2. The number of carbonyl (C=O) groups excluding carboxylic acids is 2. The minimum absolute atomic E-state index is 0.0439. The molecule has 0 saturated heterocycles. The molecule has 0 unspecified atom stereocenters. The summed E-state index contributed by atoms with van der Waals surface area (Å²) in [6.07, 6.45) is -2.79. The van der Waals surface area contributed by atoms with E-state index in [1.165, 1.54) is 7.11 Å². The molecule has 1 aliphatic rings. The minimum atomic E-state index is -4.53. The quantitative estimate of drug-likeness (QED) is 0.658. The largest absolute Gasteiger partial charge is 0.495 e. The fourth-order valence-electron chi connectivity index (χ4n) is 2.35. The molecule has 0 atom stereocenters. The summed E-state index contributed by atoms with van der Waals surface area (Å²) in [6, 6.07) is 6.01. The molecule has 1 fully saturated rings. The van der Waals surface area contributed by atoms with Crippen LogP contribution in [0.3, 0.4) is 0 Å². The molecule has 1 aromatic heterocycles. The Balaban J connectivity index is 1.56. The lowest BCUT2D eigenvalue weighted by atomic mass is 10.2. The molecular weight excluding hydrogens is 409 g/mol. The Hall–Kier alpha value is -2.82. The van der Waals surface area contributed by atoms with Crippen LogP contribution < -0.4 is 15.4 Å². The predicted molar refractivity (Wildman–Crippen MR) is 101 cm³/mol. The van der Waals surface area contributed by atoms with Crippen molar-refractivity contribution in [1.82, 2.24) is 10.2 Å². The number of benzene rings is 1. The van der Waals surface area contributed by atoms with E-state index in [1.54, 1.807) is 12.1 Å². The van der Waals surface area contributed by atoms with Gasteiger partial charge in [0.2, 0.25) is 11.8 Å². The molecule has 2 amide bonds. The highest BCUT2D eigenvalue weighted by Gasteiger charge is 2.31. The monoisotopic (exact) mass is 426 g/mol. The molecule has 1 heterocycles. The first-order valence-electron chi connectivity index (χ1n) is 8.59. The maximum absolute atomic E-state index is 12.9. The molecule has 2 N–H and O–H groups in total. The van der Waals surface area contributed by atoms with Gasteiger partial charge in [-0.05, 0) is 43.2 Å². The summed E-state index contributed by atoms with van der Waals surface area (Å²) in [5.74, 6) is -0.227. The van der Waals surface area contributed by atoms with Gasteiger partial charge in [0.25, 0.3) is 0 Å². The fraction of sp³-hybridized carbons (Fsp3) is 0.333. The van der Waals surface area contributed by atoms with E-state index in [1.807, 2.05) is 0 Å². The number of hydrogen-bond donors (Lipinski definition) is 2. The summed E-state index contributed by atoms with van der Waals surface area (Å²) >= 11 is 1.06. The van der Waals surface area contributed by atoms with Crippen LogP contribution in [0.15, 0.2) is 35.4 Å². The zero-order valence-corrected chi connectivity index (χ0v) is 16.1. The van der Waals surface area contributed by atoms with Gasteiger partial charge in [0.15, 0.2) is 5.82 Å². The Labute approximate surface area is 168 Å². The normalized spacial score (nSPS) is 13.7. The van der Waals surface area contributed by atoms with E-state index < -0.39 is 17.6 Å². The van der Waals surface area contributed by atoms with Gasteiger partial charge in [-0.15, -0.1) is 10.2 Å². The minimum Gasteiger partial charge on any atom is -0.495 e. The van der Waals surface area contributed by atoms with Crippen LogP contribution in [-0.4, -0.2) is 34.9 Å². The number of aromatic nitrogens is 2. The van der Waals surface area contributed by atoms with Crippen LogP contribution >= 0.6 is 11.8 Å². The van der Waals surface area contributed by atoms with Crippen molar-refractivity contribution in [3.63, 3.8) is 0 Å². The molecule has 1 aromatic carbocycles. The van der Waals surface area contributed by atoms with Crippen molar-refractivity contribution < 1.29 is 27.5 Å². The van der Waals surface area contributed by atoms with Gasteiger partial charge in [-0.1, -0.05) is 11.8 Å². The number of methoxy groups -OCH3 is 1. The molecule has 7 nitrogen and oxygen atoms in total. The molecule has 1 saturated carbocycles. The average molecular weight is 426 g/mol. The molecule has 0 bridgehead atoms. The molecule has 2 aromatic rings. The topological polar surface area (TPSA) is 93.2 Å². The molecule has 0 spiro atoms. The van der Waals surface area contributed by atoms with Gasteiger partial charge in [0, 0.05) is 5.92 Å². The van der Waals surface area contributed by atoms with Crippen molar-refractivity contribution in [1.29, 1.82) is 0 Å². The van der Waals surface area contributed by atoms with Gasteiger partial charge in [-0.2, -0.15) is 13.2 Å². The van der Waals surface area contributed by atoms with Gasteiger partial charge >= 0.3 is 6.18 Å². The summed E-state index contributed by atoms with van der Waals surface area (Å²) in [5.41, 5.74) is -0.965. The van der Waals surface area contributed by atoms with E-state index in [0.29, 0.717) is 10.8 Å². The molecule has 0 radical (unpaired) electrons. The lowest BCUT2D eigenvalue weighted by Crippen LogP contribution is -2.16. The van der Waals surface area contributed by atoms with Crippen LogP contribution in [0.25, 0.3) is 0 Å². The van der Waals surface area contributed by atoms with Crippen LogP contribution in [0.5, 0.6) is 5.75 Å². The van der Waals surface area contributed by atoms with E-state index >= 15 is 0 Å². The molecule has 29 heavy (non-hydrogen) atoms. The van der Waals surface area contributed by atoms with Crippen molar-refractivity contribution in [3.8, 4) is 5.75 Å². The zero-order chi connectivity index (χ0) is 21.0. The first kappa shape index (κ1) is 20.9. The van der Waals surface area contributed by atoms with Crippen LogP contribution in [0.4, 0.5) is 24.7 Å². The molecule has 154 valence electrons. The van der Waals surface area contributed by atoms with Crippen LogP contribution in [-0.2, 0) is 15.8 Å². The number of alkyl halides is 3. The highest BCUT2D eigenvalue weighted by Crippen LogP contribution is 2.35. The van der Waals surface area contributed by atoms with E-state index in [4.69, 9.17) is 4.74 Å². The maximum Gasteiger partial charge on any atom is 0.416 e. The Kier molecular flexibility index (Phi) is 6.26. The molecular formula is C18H17F3N4O3S. The molecule has 3 rings (SSSR count). The third-order valence-electron chi connectivity index (χ3n) is 3.99. The first-order valence-corrected chi connectivity index (χ1v) is 9.57. The number of nitrogens with one attached hydrogen (secondary N) is 2. The van der Waals surface area contributed by atoms with Crippen LogP contribution in [0, 0.1) is 5.92 Å². The molecule has 11 heteroatoms. The Morgan fingerprint density at radius 2 is 1.93 bits per heavy atom. The standard InChI is InChI=1S/C18H17F3N4O3S/c1-28-13-5-4-11(18(19,20)21)8-12(13)22-15(26)9-29-16-7-6-14(24-25-16)23-17(27)10-2-3-10/h4-8,10H,2-3,9H2,1H3,(H,22,26)(H,23,24,27). The van der Waals surface area contributed by atoms with Crippen molar-refractivity contribution in [2.75, 3.05) is 23.5 Å². The summed E-state index contributed by atoms with van der Waals surface area (Å²) in [6.45, 7) is 0. The molecule has 1 aliphatic carbocycles. The first-order chi connectivity index (χ1) is 13.8. The van der Waals surface area contributed by atoms with Crippen molar-refractivity contribution in [3.05, 3.63) is 35.9 Å². The number of halogens is 3. The fourth-order valence-corrected chi connectivity index (χ4v) is 2.96. The number of rotatable bonds is 7. The van der Waals surface area contributed by atoms with Crippen molar-refractivity contribution in [2.24, 2.45) is 5.92 Å². The lowest BCUT2D eigenvalue weighted by molar-refractivity contribution is -0.137. The third-order valence-corrected chi connectivity index (χ3v) is 4.91. The summed E-state index contributed by atoms with van der Waals surface area (Å²) in [7, 11) is 1.30. The van der Waals surface area contributed by atoms with Crippen molar-refractivity contribution >= 4 is 35.1 Å². The average Bonchev–Trinajstić information content (AvgIpc) is 3.52. The number of nitrogens with zero attached hydrogens (tertiary/aromatic N) is 2. The second kappa shape index (κ2) is 8.68. The Bertz CT molecular complexity index is 902. The SMILES string of the molecule is COc1ccc(C(F)(F)F)cc1NC(=O)CSc1ccc(NC(=O)C2CC2)nn1. The van der Waals surface area contributed by atoms with Crippen molar-refractivity contribution in [2.45, 2.75) is 24.0 Å². The summed E-state index contributed by atoms with van der Waals surface area (Å²) < 4.78 is 43.6. The second-order valence-electron chi connectivity index (χ2n) is 6.27. The number of thioether (sulfide) groups is 1. The summed E-state index contributed by atoms with van der Waals surface area (Å²) in [5, 5.41) is 13.3. The summed E-state index contributed by atoms with van der Waals surface area (Å²) in [4.78, 5) is 23.8. The molecule has 0 aliphatic heterocycles. The zero-order valence-electron chi connectivity index (χ0n) is 15.2. The van der Waals surface area contributed by atoms with E-state index in [9.17, 15) is 22.8 Å². The smallest absolute Gasteiger partial charge is 0.416 e. The van der Waals surface area contributed by atoms with Gasteiger partial charge in [-0.25, -0.2) is 0 Å². The number of carbonyl (C=O) groups is 2. The second-order valence-corrected chi connectivity index (χ2v) is 7.27. The van der Waals surface area contributed by atoms with Gasteiger partial charge in [-0.3, -0.25) is 9.59 Å². The number of anilines is 2. The van der Waals surface area contributed by atoms with E-state index in [2.05, 4.69) is 20.8 Å². The number of amides is 2. The van der Waals surface area contributed by atoms with Gasteiger partial charge in [0.1, 0.15) is 10.8 Å². The number of hydrogen-bond acceptors (Lipinski definition) is 6. The maximum atomic E-state index is 12.9. The Morgan fingerprint density at radius 3 is 2.52 bits per heavy atom. The van der Waals surface area contributed by atoms with Gasteiger partial charge in [0.05, 0.1) is 24.1 Å². The third kappa shape index (κ3) is 5.83. The van der Waals surface area contributed by atoms with Crippen LogP contribution in [0.1, 0.15) is 18.4 Å². The van der Waals surface area contributed by atoms with Gasteiger partial charge < -0.3 is 15.4 Å².